The molecule has 2 saturated carbocycles. The molecule has 0 bridgehead atoms. The highest BCUT2D eigenvalue weighted by molar-refractivity contribution is 4.81. The second-order valence-electron chi connectivity index (χ2n) is 5.68. The van der Waals surface area contributed by atoms with Crippen LogP contribution in [0, 0.1) is 11.8 Å². The highest BCUT2D eigenvalue weighted by Crippen LogP contribution is 2.35. The van der Waals surface area contributed by atoms with Gasteiger partial charge in [0.1, 0.15) is 0 Å². The first-order valence-electron chi connectivity index (χ1n) is 7.07. The Morgan fingerprint density at radius 3 is 2.27 bits per heavy atom. The van der Waals surface area contributed by atoms with Gasteiger partial charge in [-0.25, -0.2) is 0 Å². The topological polar surface area (TPSA) is 12.0 Å². The lowest BCUT2D eigenvalue weighted by atomic mass is 9.85. The maximum Gasteiger partial charge on any atom is 0.00924 e. The van der Waals surface area contributed by atoms with Gasteiger partial charge in [0.2, 0.25) is 0 Å². The maximum atomic E-state index is 3.57. The van der Waals surface area contributed by atoms with Crippen LogP contribution in [-0.4, -0.2) is 13.1 Å². The van der Waals surface area contributed by atoms with E-state index in [9.17, 15) is 0 Å². The van der Waals surface area contributed by atoms with Crippen LogP contribution < -0.4 is 5.32 Å². The predicted octanol–water partition coefficient (Wildman–Crippen LogP) is 3.74. The molecule has 2 rings (SSSR count). The van der Waals surface area contributed by atoms with Crippen molar-refractivity contribution in [2.75, 3.05) is 7.05 Å². The molecule has 1 N–H and O–H groups in total. The number of hydrogen-bond acceptors (Lipinski definition) is 1. The van der Waals surface area contributed by atoms with Crippen molar-refractivity contribution in [3.05, 3.63) is 0 Å². The fourth-order valence-electron chi connectivity index (χ4n) is 3.72. The minimum Gasteiger partial charge on any atom is -0.317 e. The largest absolute Gasteiger partial charge is 0.317 e. The Labute approximate surface area is 95.0 Å². The van der Waals surface area contributed by atoms with E-state index < -0.39 is 0 Å². The molecule has 88 valence electrons. The van der Waals surface area contributed by atoms with Crippen molar-refractivity contribution in [1.29, 1.82) is 0 Å². The zero-order chi connectivity index (χ0) is 10.5. The molecule has 2 aliphatic rings. The van der Waals surface area contributed by atoms with E-state index >= 15 is 0 Å². The summed E-state index contributed by atoms with van der Waals surface area (Å²) in [6.07, 6.45) is 14.9. The molecule has 1 nitrogen and oxygen atoms in total. The third kappa shape index (κ3) is 3.21. The summed E-state index contributed by atoms with van der Waals surface area (Å²) in [5.41, 5.74) is 0. The lowest BCUT2D eigenvalue weighted by Crippen LogP contribution is -2.33. The summed E-state index contributed by atoms with van der Waals surface area (Å²) in [5.74, 6) is 2.06. The molecule has 15 heavy (non-hydrogen) atoms. The van der Waals surface area contributed by atoms with Crippen molar-refractivity contribution in [2.24, 2.45) is 11.8 Å². The van der Waals surface area contributed by atoms with Crippen LogP contribution in [0.25, 0.3) is 0 Å². The zero-order valence-corrected chi connectivity index (χ0v) is 10.3. The molecule has 0 aromatic carbocycles. The lowest BCUT2D eigenvalue weighted by molar-refractivity contribution is 0.283. The van der Waals surface area contributed by atoms with E-state index in [1.807, 2.05) is 0 Å². The molecule has 0 aromatic rings. The Bertz CT molecular complexity index is 172. The molecule has 1 heteroatoms. The van der Waals surface area contributed by atoms with Crippen molar-refractivity contribution in [1.82, 2.24) is 5.32 Å². The van der Waals surface area contributed by atoms with Crippen molar-refractivity contribution in [3.63, 3.8) is 0 Å². The maximum absolute atomic E-state index is 3.57. The molecular weight excluding hydrogens is 182 g/mol. The van der Waals surface area contributed by atoms with E-state index in [1.54, 1.807) is 0 Å². The molecule has 2 unspecified atom stereocenters. The molecule has 2 aliphatic carbocycles. The minimum atomic E-state index is 0.827. The summed E-state index contributed by atoms with van der Waals surface area (Å²) in [5, 5.41) is 3.57. The summed E-state index contributed by atoms with van der Waals surface area (Å²) in [4.78, 5) is 0. The fourth-order valence-corrected chi connectivity index (χ4v) is 3.72. The first-order chi connectivity index (χ1) is 7.40. The molecular formula is C14H27N. The van der Waals surface area contributed by atoms with E-state index in [0.717, 1.165) is 17.9 Å². The van der Waals surface area contributed by atoms with Gasteiger partial charge in [0.25, 0.3) is 0 Å². The van der Waals surface area contributed by atoms with Gasteiger partial charge in [-0.2, -0.15) is 0 Å². The zero-order valence-electron chi connectivity index (χ0n) is 10.3. The summed E-state index contributed by atoms with van der Waals surface area (Å²) in [7, 11) is 2.16. The lowest BCUT2D eigenvalue weighted by Gasteiger charge is -2.27. The Kier molecular flexibility index (Phi) is 4.49. The highest BCUT2D eigenvalue weighted by atomic mass is 14.9. The third-order valence-corrected chi connectivity index (χ3v) is 4.64. The van der Waals surface area contributed by atoms with Crippen molar-refractivity contribution >= 4 is 0 Å². The molecule has 2 atom stereocenters. The quantitative estimate of drug-likeness (QED) is 0.698. The molecule has 0 aromatic heterocycles. The van der Waals surface area contributed by atoms with Crippen LogP contribution in [0.4, 0.5) is 0 Å². The van der Waals surface area contributed by atoms with Gasteiger partial charge in [-0.05, 0) is 38.1 Å². The van der Waals surface area contributed by atoms with Gasteiger partial charge in [-0.1, -0.05) is 44.9 Å². The van der Waals surface area contributed by atoms with Crippen LogP contribution in [0.2, 0.25) is 0 Å². The number of nitrogens with one attached hydrogen (secondary N) is 1. The minimum absolute atomic E-state index is 0.827. The van der Waals surface area contributed by atoms with E-state index in [1.165, 1.54) is 64.2 Å². The van der Waals surface area contributed by atoms with Crippen LogP contribution in [-0.2, 0) is 0 Å². The molecule has 0 radical (unpaired) electrons. The first-order valence-corrected chi connectivity index (χ1v) is 7.07. The van der Waals surface area contributed by atoms with E-state index in [4.69, 9.17) is 0 Å². The van der Waals surface area contributed by atoms with Gasteiger partial charge in [-0.15, -0.1) is 0 Å². The van der Waals surface area contributed by atoms with Crippen LogP contribution in [0.5, 0.6) is 0 Å². The number of hydrogen-bond donors (Lipinski definition) is 1. The Morgan fingerprint density at radius 2 is 1.53 bits per heavy atom. The predicted molar refractivity (Wildman–Crippen MR) is 66.0 cm³/mol. The molecule has 0 heterocycles. The summed E-state index contributed by atoms with van der Waals surface area (Å²) in [6.45, 7) is 0. The van der Waals surface area contributed by atoms with E-state index in [2.05, 4.69) is 12.4 Å². The average molecular weight is 209 g/mol. The number of rotatable bonds is 3. The van der Waals surface area contributed by atoms with Gasteiger partial charge in [-0.3, -0.25) is 0 Å². The second kappa shape index (κ2) is 5.89. The summed E-state index contributed by atoms with van der Waals surface area (Å²) in [6, 6.07) is 0.827. The Hall–Kier alpha value is -0.0400. The van der Waals surface area contributed by atoms with Crippen LogP contribution >= 0.6 is 0 Å². The Morgan fingerprint density at radius 1 is 0.867 bits per heavy atom. The summed E-state index contributed by atoms with van der Waals surface area (Å²) < 4.78 is 0. The fraction of sp³-hybridized carbons (Fsp3) is 1.00. The van der Waals surface area contributed by atoms with Gasteiger partial charge in [0, 0.05) is 6.04 Å². The van der Waals surface area contributed by atoms with E-state index in [0.29, 0.717) is 0 Å². The highest BCUT2D eigenvalue weighted by Gasteiger charge is 2.26. The molecule has 0 saturated heterocycles. The average Bonchev–Trinajstić information content (AvgIpc) is 2.64. The monoisotopic (exact) mass is 209 g/mol. The molecule has 0 amide bonds. The first kappa shape index (κ1) is 11.4. The van der Waals surface area contributed by atoms with Crippen molar-refractivity contribution in [3.8, 4) is 0 Å². The molecule has 0 spiro atoms. The smallest absolute Gasteiger partial charge is 0.00924 e. The third-order valence-electron chi connectivity index (χ3n) is 4.64. The van der Waals surface area contributed by atoms with Crippen LogP contribution in [0.1, 0.15) is 64.2 Å². The Balaban J connectivity index is 1.85. The molecule has 2 fully saturated rings. The second-order valence-corrected chi connectivity index (χ2v) is 5.68. The van der Waals surface area contributed by atoms with Gasteiger partial charge < -0.3 is 5.32 Å². The van der Waals surface area contributed by atoms with Gasteiger partial charge in [0.05, 0.1) is 0 Å². The SMILES string of the molecule is CNC1CCCCCC1CC1CCCC1. The van der Waals surface area contributed by atoms with Crippen molar-refractivity contribution < 1.29 is 0 Å². The van der Waals surface area contributed by atoms with Crippen LogP contribution in [0.3, 0.4) is 0 Å². The van der Waals surface area contributed by atoms with Crippen LogP contribution in [0.15, 0.2) is 0 Å². The van der Waals surface area contributed by atoms with Gasteiger partial charge >= 0.3 is 0 Å². The van der Waals surface area contributed by atoms with Gasteiger partial charge in [0.15, 0.2) is 0 Å². The standard InChI is InChI=1S/C14H27N/c1-15-14-10-4-2-3-9-13(14)11-12-7-5-6-8-12/h12-15H,2-11H2,1H3. The molecule has 0 aliphatic heterocycles. The summed E-state index contributed by atoms with van der Waals surface area (Å²) >= 11 is 0. The van der Waals surface area contributed by atoms with Crippen molar-refractivity contribution in [2.45, 2.75) is 70.3 Å². The van der Waals surface area contributed by atoms with E-state index in [-0.39, 0.29) is 0 Å². The normalized spacial score (nSPS) is 34.2.